The predicted molar refractivity (Wildman–Crippen MR) is 148 cm³/mol. The summed E-state index contributed by atoms with van der Waals surface area (Å²) in [5.41, 5.74) is 4.03. The summed E-state index contributed by atoms with van der Waals surface area (Å²) in [6.45, 7) is 6.30. The van der Waals surface area contributed by atoms with Crippen molar-refractivity contribution in [2.45, 2.75) is 13.5 Å². The number of benzene rings is 3. The lowest BCUT2D eigenvalue weighted by Crippen LogP contribution is -2.45. The molecule has 1 aromatic heterocycles. The Morgan fingerprint density at radius 1 is 0.895 bits per heavy atom. The number of carbonyl (C=O) groups is 2. The third-order valence-electron chi connectivity index (χ3n) is 6.59. The van der Waals surface area contributed by atoms with Crippen LogP contribution in [0.4, 0.5) is 16.5 Å². The summed E-state index contributed by atoms with van der Waals surface area (Å²) < 4.78 is 11.9. The summed E-state index contributed by atoms with van der Waals surface area (Å²) >= 11 is 1.61. The largest absolute Gasteiger partial charge is 0.454 e. The van der Waals surface area contributed by atoms with Crippen LogP contribution in [0.1, 0.15) is 22.8 Å². The van der Waals surface area contributed by atoms with Crippen molar-refractivity contribution >= 4 is 49.9 Å². The lowest BCUT2D eigenvalue weighted by molar-refractivity contribution is -0.114. The zero-order valence-corrected chi connectivity index (χ0v) is 21.7. The maximum Gasteiger partial charge on any atom is 0.255 e. The summed E-state index contributed by atoms with van der Waals surface area (Å²) in [6.07, 6.45) is 0. The predicted octanol–water partition coefficient (Wildman–Crippen LogP) is 4.56. The van der Waals surface area contributed by atoms with Gasteiger partial charge in [0.05, 0.1) is 10.2 Å². The van der Waals surface area contributed by atoms with E-state index in [0.717, 1.165) is 59.6 Å². The van der Waals surface area contributed by atoms with E-state index in [1.165, 1.54) is 12.5 Å². The van der Waals surface area contributed by atoms with Gasteiger partial charge in [0.1, 0.15) is 0 Å². The Morgan fingerprint density at radius 2 is 1.63 bits per heavy atom. The molecular formula is C28H27N5O4S. The molecule has 194 valence electrons. The quantitative estimate of drug-likeness (QED) is 0.378. The second-order valence-electron chi connectivity index (χ2n) is 9.34. The topological polar surface area (TPSA) is 96.0 Å². The van der Waals surface area contributed by atoms with Gasteiger partial charge in [-0.25, -0.2) is 4.98 Å². The number of nitrogens with one attached hydrogen (secondary N) is 2. The van der Waals surface area contributed by atoms with E-state index in [-0.39, 0.29) is 11.8 Å². The maximum atomic E-state index is 12.9. The molecule has 0 unspecified atom stereocenters. The van der Waals surface area contributed by atoms with Gasteiger partial charge in [0, 0.05) is 56.6 Å². The molecule has 10 heteroatoms. The van der Waals surface area contributed by atoms with Gasteiger partial charge in [-0.2, -0.15) is 0 Å². The fraction of sp³-hybridized carbons (Fsp3) is 0.250. The van der Waals surface area contributed by atoms with Crippen molar-refractivity contribution in [3.8, 4) is 11.5 Å². The molecule has 0 spiro atoms. The molecule has 0 radical (unpaired) electrons. The normalized spacial score (nSPS) is 15.0. The maximum absolute atomic E-state index is 12.9. The number of aromatic nitrogens is 1. The van der Waals surface area contributed by atoms with Gasteiger partial charge in [-0.15, -0.1) is 0 Å². The van der Waals surface area contributed by atoms with E-state index in [2.05, 4.69) is 32.6 Å². The van der Waals surface area contributed by atoms with Gasteiger partial charge in [-0.3, -0.25) is 14.5 Å². The lowest BCUT2D eigenvalue weighted by Gasteiger charge is -2.34. The summed E-state index contributed by atoms with van der Waals surface area (Å²) in [7, 11) is 0. The zero-order valence-electron chi connectivity index (χ0n) is 20.9. The van der Waals surface area contributed by atoms with Gasteiger partial charge in [0.25, 0.3) is 5.91 Å². The molecule has 2 amide bonds. The number of ether oxygens (including phenoxy) is 2. The second-order valence-corrected chi connectivity index (χ2v) is 10.4. The molecule has 1 fully saturated rings. The molecule has 2 N–H and O–H groups in total. The standard InChI is InChI=1S/C28H27N5O4S/c1-18(34)29-21-4-6-22(7-5-21)30-27(35)20-3-8-23-26(15-20)38-28(31-23)33-12-10-32(11-13-33)16-19-2-9-24-25(14-19)37-17-36-24/h2-9,14-15H,10-13,16-17H2,1H3,(H,29,34)(H,30,35). The highest BCUT2D eigenvalue weighted by Gasteiger charge is 2.21. The molecule has 0 aliphatic carbocycles. The van der Waals surface area contributed by atoms with E-state index < -0.39 is 0 Å². The number of rotatable bonds is 6. The van der Waals surface area contributed by atoms with Crippen molar-refractivity contribution in [3.05, 3.63) is 71.8 Å². The molecular weight excluding hydrogens is 502 g/mol. The third-order valence-corrected chi connectivity index (χ3v) is 7.67. The Kier molecular flexibility index (Phi) is 6.57. The summed E-state index contributed by atoms with van der Waals surface area (Å²) in [4.78, 5) is 33.6. The van der Waals surface area contributed by atoms with Gasteiger partial charge >= 0.3 is 0 Å². The van der Waals surface area contributed by atoms with E-state index in [4.69, 9.17) is 14.5 Å². The van der Waals surface area contributed by atoms with Crippen LogP contribution in [0, 0.1) is 0 Å². The first kappa shape index (κ1) is 24.2. The lowest BCUT2D eigenvalue weighted by atomic mass is 10.1. The minimum absolute atomic E-state index is 0.137. The summed E-state index contributed by atoms with van der Waals surface area (Å²) in [5, 5.41) is 6.61. The van der Waals surface area contributed by atoms with Crippen molar-refractivity contribution in [2.24, 2.45) is 0 Å². The molecule has 9 nitrogen and oxygen atoms in total. The number of nitrogens with zero attached hydrogens (tertiary/aromatic N) is 3. The fourth-order valence-electron chi connectivity index (χ4n) is 4.63. The summed E-state index contributed by atoms with van der Waals surface area (Å²) in [5.74, 6) is 1.31. The highest BCUT2D eigenvalue weighted by Crippen LogP contribution is 2.33. The number of hydrogen-bond donors (Lipinski definition) is 2. The van der Waals surface area contributed by atoms with E-state index in [1.807, 2.05) is 18.2 Å². The minimum Gasteiger partial charge on any atom is -0.454 e. The molecule has 1 saturated heterocycles. The van der Waals surface area contributed by atoms with Crippen LogP contribution < -0.4 is 25.0 Å². The monoisotopic (exact) mass is 529 g/mol. The van der Waals surface area contributed by atoms with E-state index in [9.17, 15) is 9.59 Å². The van der Waals surface area contributed by atoms with Gasteiger partial charge in [0.2, 0.25) is 12.7 Å². The highest BCUT2D eigenvalue weighted by molar-refractivity contribution is 7.22. The van der Waals surface area contributed by atoms with E-state index in [1.54, 1.807) is 41.7 Å². The molecule has 3 aromatic carbocycles. The second kappa shape index (κ2) is 10.3. The molecule has 4 aromatic rings. The van der Waals surface area contributed by atoms with Crippen molar-refractivity contribution in [1.82, 2.24) is 9.88 Å². The molecule has 0 bridgehead atoms. The smallest absolute Gasteiger partial charge is 0.255 e. The van der Waals surface area contributed by atoms with Gasteiger partial charge in [-0.05, 0) is 60.2 Å². The molecule has 0 atom stereocenters. The molecule has 2 aliphatic heterocycles. The number of carbonyl (C=O) groups excluding carboxylic acids is 2. The van der Waals surface area contributed by atoms with Crippen LogP contribution in [0.15, 0.2) is 60.7 Å². The average molecular weight is 530 g/mol. The van der Waals surface area contributed by atoms with Gasteiger partial charge in [0.15, 0.2) is 16.6 Å². The third kappa shape index (κ3) is 5.27. The fourth-order valence-corrected chi connectivity index (χ4v) is 5.68. The highest BCUT2D eigenvalue weighted by atomic mass is 32.1. The van der Waals surface area contributed by atoms with Gasteiger partial charge in [-0.1, -0.05) is 17.4 Å². The molecule has 38 heavy (non-hydrogen) atoms. The Balaban J connectivity index is 1.07. The van der Waals surface area contributed by atoms with E-state index >= 15 is 0 Å². The van der Waals surface area contributed by atoms with Crippen LogP contribution in [-0.4, -0.2) is 54.7 Å². The number of amides is 2. The SMILES string of the molecule is CC(=O)Nc1ccc(NC(=O)c2ccc3nc(N4CCN(Cc5ccc6c(c5)OCO6)CC4)sc3c2)cc1. The van der Waals surface area contributed by atoms with Crippen molar-refractivity contribution in [2.75, 3.05) is 48.5 Å². The molecule has 6 rings (SSSR count). The van der Waals surface area contributed by atoms with Crippen LogP contribution in [0.25, 0.3) is 10.2 Å². The van der Waals surface area contributed by atoms with Crippen LogP contribution in [0.3, 0.4) is 0 Å². The number of fused-ring (bicyclic) bond motifs is 2. The van der Waals surface area contributed by atoms with Crippen LogP contribution in [0.5, 0.6) is 11.5 Å². The Hall–Kier alpha value is -4.15. The molecule has 2 aliphatic rings. The molecule has 3 heterocycles. The Labute approximate surface area is 224 Å². The van der Waals surface area contributed by atoms with Crippen LogP contribution in [0.2, 0.25) is 0 Å². The number of anilines is 3. The Morgan fingerprint density at radius 3 is 2.39 bits per heavy atom. The van der Waals surface area contributed by atoms with Crippen LogP contribution in [-0.2, 0) is 11.3 Å². The van der Waals surface area contributed by atoms with Crippen molar-refractivity contribution < 1.29 is 19.1 Å². The van der Waals surface area contributed by atoms with Crippen molar-refractivity contribution in [1.29, 1.82) is 0 Å². The Bertz CT molecular complexity index is 1500. The minimum atomic E-state index is -0.189. The van der Waals surface area contributed by atoms with Crippen molar-refractivity contribution in [3.63, 3.8) is 0 Å². The first-order chi connectivity index (χ1) is 18.5. The van der Waals surface area contributed by atoms with Gasteiger partial charge < -0.3 is 25.0 Å². The first-order valence-electron chi connectivity index (χ1n) is 12.5. The zero-order chi connectivity index (χ0) is 26.1. The molecule has 0 saturated carbocycles. The summed E-state index contributed by atoms with van der Waals surface area (Å²) in [6, 6.07) is 18.8. The average Bonchev–Trinajstić information content (AvgIpc) is 3.56. The van der Waals surface area contributed by atoms with Crippen LogP contribution >= 0.6 is 11.3 Å². The van der Waals surface area contributed by atoms with E-state index in [0.29, 0.717) is 23.7 Å². The number of thiazole rings is 1. The number of hydrogen-bond acceptors (Lipinski definition) is 8. The first-order valence-corrected chi connectivity index (χ1v) is 13.3. The number of piperazine rings is 1.